The lowest BCUT2D eigenvalue weighted by Crippen LogP contribution is -2.30. The zero-order chi connectivity index (χ0) is 11.8. The fraction of sp³-hybridized carbons (Fsp3) is 1.00. The molecule has 96 valence electrons. The summed E-state index contributed by atoms with van der Waals surface area (Å²) in [6.07, 6.45) is 9.94. The quantitative estimate of drug-likeness (QED) is 0.650. The molecule has 0 aromatic rings. The summed E-state index contributed by atoms with van der Waals surface area (Å²) >= 11 is 0. The predicted octanol–water partition coefficient (Wildman–Crippen LogP) is 4.32. The minimum absolute atomic E-state index is 0.889. The van der Waals surface area contributed by atoms with Crippen LogP contribution >= 0.6 is 0 Å². The van der Waals surface area contributed by atoms with Gasteiger partial charge in [0, 0.05) is 6.54 Å². The van der Waals surface area contributed by atoms with Crippen molar-refractivity contribution in [3.05, 3.63) is 0 Å². The van der Waals surface area contributed by atoms with E-state index < -0.39 is 0 Å². The van der Waals surface area contributed by atoms with Crippen LogP contribution in [0.3, 0.4) is 0 Å². The molecule has 1 saturated heterocycles. The van der Waals surface area contributed by atoms with E-state index in [9.17, 15) is 0 Å². The summed E-state index contributed by atoms with van der Waals surface area (Å²) in [7, 11) is 0. The van der Waals surface area contributed by atoms with Gasteiger partial charge < -0.3 is 4.90 Å². The molecule has 0 bridgehead atoms. The molecule has 16 heavy (non-hydrogen) atoms. The van der Waals surface area contributed by atoms with E-state index in [1.54, 1.807) is 0 Å². The summed E-state index contributed by atoms with van der Waals surface area (Å²) in [6, 6.07) is 0. The van der Waals surface area contributed by atoms with Crippen molar-refractivity contribution in [2.45, 2.75) is 65.7 Å². The van der Waals surface area contributed by atoms with Crippen molar-refractivity contribution in [3.8, 4) is 0 Å². The number of hydrogen-bond acceptors (Lipinski definition) is 1. The zero-order valence-corrected chi connectivity index (χ0v) is 11.7. The molecule has 1 rings (SSSR count). The molecule has 1 nitrogen and oxygen atoms in total. The zero-order valence-electron chi connectivity index (χ0n) is 11.7. The van der Waals surface area contributed by atoms with Crippen LogP contribution < -0.4 is 0 Å². The second kappa shape index (κ2) is 8.11. The largest absolute Gasteiger partial charge is 0.303 e. The summed E-state index contributed by atoms with van der Waals surface area (Å²) in [5.41, 5.74) is 0. The fourth-order valence-electron chi connectivity index (χ4n) is 3.13. The number of hydrogen-bond donors (Lipinski definition) is 0. The fourth-order valence-corrected chi connectivity index (χ4v) is 3.13. The first-order valence-electron chi connectivity index (χ1n) is 7.44. The molecule has 0 aromatic carbocycles. The first-order valence-corrected chi connectivity index (χ1v) is 7.44. The third-order valence-electron chi connectivity index (χ3n) is 3.85. The van der Waals surface area contributed by atoms with Gasteiger partial charge in [0.1, 0.15) is 0 Å². The Kier molecular flexibility index (Phi) is 7.11. The Balaban J connectivity index is 2.18. The minimum Gasteiger partial charge on any atom is -0.303 e. The number of likely N-dealkylation sites (tertiary alicyclic amines) is 1. The van der Waals surface area contributed by atoms with Gasteiger partial charge in [0.25, 0.3) is 0 Å². The molecular weight excluding hydrogens is 194 g/mol. The van der Waals surface area contributed by atoms with Crippen LogP contribution in [0.4, 0.5) is 0 Å². The molecule has 2 unspecified atom stereocenters. The molecule has 2 atom stereocenters. The smallest absolute Gasteiger partial charge is 0.000712 e. The van der Waals surface area contributed by atoms with Gasteiger partial charge in [-0.3, -0.25) is 0 Å². The van der Waals surface area contributed by atoms with Gasteiger partial charge in [-0.1, -0.05) is 46.5 Å². The lowest BCUT2D eigenvalue weighted by atomic mass is 9.93. The highest BCUT2D eigenvalue weighted by Gasteiger charge is 2.14. The van der Waals surface area contributed by atoms with Gasteiger partial charge in [0.15, 0.2) is 0 Å². The first kappa shape index (κ1) is 14.0. The monoisotopic (exact) mass is 225 g/mol. The predicted molar refractivity (Wildman–Crippen MR) is 72.8 cm³/mol. The van der Waals surface area contributed by atoms with Crippen LogP contribution in [0, 0.1) is 11.8 Å². The van der Waals surface area contributed by atoms with Crippen molar-refractivity contribution in [3.63, 3.8) is 0 Å². The van der Waals surface area contributed by atoms with E-state index in [4.69, 9.17) is 0 Å². The van der Waals surface area contributed by atoms with Gasteiger partial charge in [0.05, 0.1) is 0 Å². The van der Waals surface area contributed by atoms with Crippen LogP contribution in [-0.4, -0.2) is 24.5 Å². The minimum atomic E-state index is 0.889. The summed E-state index contributed by atoms with van der Waals surface area (Å²) < 4.78 is 0. The maximum Gasteiger partial charge on any atom is 0.000712 e. The molecule has 0 aromatic heterocycles. The van der Waals surface area contributed by atoms with E-state index in [2.05, 4.69) is 25.7 Å². The SMILES string of the molecule is CCCC(C)CC(C)CN1CCCCCC1. The van der Waals surface area contributed by atoms with Crippen molar-refractivity contribution in [1.29, 1.82) is 0 Å². The van der Waals surface area contributed by atoms with E-state index in [-0.39, 0.29) is 0 Å². The Morgan fingerprint density at radius 2 is 1.56 bits per heavy atom. The van der Waals surface area contributed by atoms with Crippen molar-refractivity contribution in [2.24, 2.45) is 11.8 Å². The summed E-state index contributed by atoms with van der Waals surface area (Å²) in [4.78, 5) is 2.70. The molecule has 0 saturated carbocycles. The highest BCUT2D eigenvalue weighted by atomic mass is 15.1. The Morgan fingerprint density at radius 3 is 2.12 bits per heavy atom. The third-order valence-corrected chi connectivity index (χ3v) is 3.85. The topological polar surface area (TPSA) is 3.24 Å². The third kappa shape index (κ3) is 5.89. The molecule has 1 aliphatic rings. The molecule has 1 heterocycles. The van der Waals surface area contributed by atoms with Gasteiger partial charge >= 0.3 is 0 Å². The van der Waals surface area contributed by atoms with Crippen molar-refractivity contribution in [1.82, 2.24) is 4.90 Å². The van der Waals surface area contributed by atoms with Crippen LogP contribution in [0.1, 0.15) is 65.7 Å². The average molecular weight is 225 g/mol. The second-order valence-corrected chi connectivity index (χ2v) is 5.95. The van der Waals surface area contributed by atoms with Crippen LogP contribution in [-0.2, 0) is 0 Å². The van der Waals surface area contributed by atoms with Crippen molar-refractivity contribution in [2.75, 3.05) is 19.6 Å². The van der Waals surface area contributed by atoms with Gasteiger partial charge in [-0.25, -0.2) is 0 Å². The van der Waals surface area contributed by atoms with Crippen LogP contribution in [0.15, 0.2) is 0 Å². The maximum atomic E-state index is 2.70. The highest BCUT2D eigenvalue weighted by Crippen LogP contribution is 2.19. The van der Waals surface area contributed by atoms with E-state index in [0.717, 1.165) is 11.8 Å². The molecule has 0 spiro atoms. The van der Waals surface area contributed by atoms with E-state index in [1.165, 1.54) is 64.6 Å². The van der Waals surface area contributed by atoms with Crippen molar-refractivity contribution < 1.29 is 0 Å². The Labute approximate surface area is 103 Å². The lowest BCUT2D eigenvalue weighted by molar-refractivity contribution is 0.226. The van der Waals surface area contributed by atoms with E-state index >= 15 is 0 Å². The van der Waals surface area contributed by atoms with Gasteiger partial charge in [0.2, 0.25) is 0 Å². The van der Waals surface area contributed by atoms with Crippen LogP contribution in [0.25, 0.3) is 0 Å². The maximum absolute atomic E-state index is 2.70. The Bertz CT molecular complexity index is 159. The lowest BCUT2D eigenvalue weighted by Gasteiger charge is -2.25. The van der Waals surface area contributed by atoms with Gasteiger partial charge in [-0.15, -0.1) is 0 Å². The molecule has 0 aliphatic carbocycles. The number of nitrogens with zero attached hydrogens (tertiary/aromatic N) is 1. The molecule has 0 amide bonds. The molecule has 1 aliphatic heterocycles. The Hall–Kier alpha value is -0.0400. The molecule has 1 heteroatoms. The van der Waals surface area contributed by atoms with Crippen LogP contribution in [0.5, 0.6) is 0 Å². The van der Waals surface area contributed by atoms with E-state index in [0.29, 0.717) is 0 Å². The van der Waals surface area contributed by atoms with Crippen molar-refractivity contribution >= 4 is 0 Å². The molecule has 0 radical (unpaired) electrons. The molecule has 1 fully saturated rings. The highest BCUT2D eigenvalue weighted by molar-refractivity contribution is 4.68. The van der Waals surface area contributed by atoms with Gasteiger partial charge in [-0.05, 0) is 44.2 Å². The molecule has 0 N–H and O–H groups in total. The van der Waals surface area contributed by atoms with Crippen LogP contribution in [0.2, 0.25) is 0 Å². The Morgan fingerprint density at radius 1 is 0.938 bits per heavy atom. The average Bonchev–Trinajstić information content (AvgIpc) is 2.46. The van der Waals surface area contributed by atoms with E-state index in [1.807, 2.05) is 0 Å². The standard InChI is InChI=1S/C15H31N/c1-4-9-14(2)12-15(3)13-16-10-7-5-6-8-11-16/h14-15H,4-13H2,1-3H3. The second-order valence-electron chi connectivity index (χ2n) is 5.95. The molecular formula is C15H31N. The summed E-state index contributed by atoms with van der Waals surface area (Å²) in [5, 5.41) is 0. The number of rotatable bonds is 6. The summed E-state index contributed by atoms with van der Waals surface area (Å²) in [5.74, 6) is 1.81. The first-order chi connectivity index (χ1) is 7.72. The normalized spacial score (nSPS) is 22.7. The summed E-state index contributed by atoms with van der Waals surface area (Å²) in [6.45, 7) is 11.2. The van der Waals surface area contributed by atoms with Gasteiger partial charge in [-0.2, -0.15) is 0 Å².